The van der Waals surface area contributed by atoms with E-state index in [1.54, 1.807) is 6.20 Å². The molecule has 1 saturated carbocycles. The van der Waals surface area contributed by atoms with Crippen LogP contribution in [0.15, 0.2) is 18.3 Å². The van der Waals surface area contributed by atoms with Gasteiger partial charge in [-0.3, -0.25) is 0 Å². The highest BCUT2D eigenvalue weighted by atomic mass is 16.5. The number of ether oxygens (including phenoxy) is 1. The average Bonchev–Trinajstić information content (AvgIpc) is 2.67. The van der Waals surface area contributed by atoms with Crippen molar-refractivity contribution in [2.24, 2.45) is 23.5 Å². The summed E-state index contributed by atoms with van der Waals surface area (Å²) in [6, 6.07) is 3.89. The predicted molar refractivity (Wildman–Crippen MR) is 74.8 cm³/mol. The molecule has 2 aliphatic rings. The lowest BCUT2D eigenvalue weighted by Gasteiger charge is -2.35. The van der Waals surface area contributed by atoms with E-state index in [1.165, 1.54) is 25.9 Å². The van der Waals surface area contributed by atoms with Gasteiger partial charge in [0.25, 0.3) is 0 Å². The molecule has 2 unspecified atom stereocenters. The first-order valence-corrected chi connectivity index (χ1v) is 7.22. The Bertz CT molecular complexity index is 423. The van der Waals surface area contributed by atoms with E-state index in [9.17, 15) is 0 Å². The van der Waals surface area contributed by atoms with Crippen LogP contribution >= 0.6 is 0 Å². The first-order valence-electron chi connectivity index (χ1n) is 7.22. The summed E-state index contributed by atoms with van der Waals surface area (Å²) in [5, 5.41) is 0. The van der Waals surface area contributed by atoms with E-state index in [4.69, 9.17) is 10.5 Å². The second kappa shape index (κ2) is 5.47. The van der Waals surface area contributed by atoms with Crippen molar-refractivity contribution in [2.45, 2.75) is 19.4 Å². The summed E-state index contributed by atoms with van der Waals surface area (Å²) in [5.74, 6) is 3.05. The van der Waals surface area contributed by atoms with E-state index in [0.29, 0.717) is 12.5 Å². The first-order chi connectivity index (χ1) is 9.26. The third-order valence-corrected chi connectivity index (χ3v) is 4.67. The fourth-order valence-electron chi connectivity index (χ4n) is 3.68. The molecule has 4 heteroatoms. The molecule has 3 rings (SSSR count). The Morgan fingerprint density at radius 1 is 1.37 bits per heavy atom. The van der Waals surface area contributed by atoms with E-state index in [-0.39, 0.29) is 0 Å². The maximum absolute atomic E-state index is 5.92. The van der Waals surface area contributed by atoms with Crippen molar-refractivity contribution in [3.8, 4) is 5.88 Å². The van der Waals surface area contributed by atoms with Crippen molar-refractivity contribution in [3.63, 3.8) is 0 Å². The van der Waals surface area contributed by atoms with Gasteiger partial charge in [-0.15, -0.1) is 0 Å². The molecule has 0 amide bonds. The number of rotatable bonds is 4. The van der Waals surface area contributed by atoms with E-state index in [1.807, 2.05) is 12.1 Å². The number of fused-ring (bicyclic) bond motifs is 2. The maximum Gasteiger partial charge on any atom is 0.213 e. The molecule has 19 heavy (non-hydrogen) atoms. The lowest BCUT2D eigenvalue weighted by Crippen LogP contribution is -2.41. The molecular formula is C15H23N3O. The zero-order valence-electron chi connectivity index (χ0n) is 11.6. The number of likely N-dealkylation sites (tertiary alicyclic amines) is 1. The molecule has 1 aliphatic heterocycles. The van der Waals surface area contributed by atoms with Gasteiger partial charge in [0.1, 0.15) is 0 Å². The Morgan fingerprint density at radius 3 is 2.79 bits per heavy atom. The number of pyridine rings is 1. The molecule has 2 fully saturated rings. The summed E-state index contributed by atoms with van der Waals surface area (Å²) in [7, 11) is 2.23. The average molecular weight is 261 g/mol. The van der Waals surface area contributed by atoms with Gasteiger partial charge in [0, 0.05) is 37.8 Å². The van der Waals surface area contributed by atoms with Crippen LogP contribution in [0, 0.1) is 17.8 Å². The summed E-state index contributed by atoms with van der Waals surface area (Å²) >= 11 is 0. The van der Waals surface area contributed by atoms with Crippen LogP contribution in [0.2, 0.25) is 0 Å². The molecule has 1 aromatic rings. The van der Waals surface area contributed by atoms with Crippen LogP contribution in [0.4, 0.5) is 0 Å². The molecule has 1 aliphatic carbocycles. The number of hydrogen-bond donors (Lipinski definition) is 1. The van der Waals surface area contributed by atoms with Gasteiger partial charge in [0.05, 0.1) is 6.61 Å². The monoisotopic (exact) mass is 261 g/mol. The van der Waals surface area contributed by atoms with Crippen LogP contribution < -0.4 is 10.5 Å². The minimum absolute atomic E-state index is 0.540. The van der Waals surface area contributed by atoms with Crippen molar-refractivity contribution in [3.05, 3.63) is 23.9 Å². The smallest absolute Gasteiger partial charge is 0.213 e. The van der Waals surface area contributed by atoms with Crippen LogP contribution in [0.3, 0.4) is 0 Å². The lowest BCUT2D eigenvalue weighted by atomic mass is 9.86. The Hall–Kier alpha value is -1.13. The number of nitrogens with zero attached hydrogens (tertiary/aromatic N) is 2. The summed E-state index contributed by atoms with van der Waals surface area (Å²) < 4.78 is 5.92. The third kappa shape index (κ3) is 2.74. The fraction of sp³-hybridized carbons (Fsp3) is 0.667. The Kier molecular flexibility index (Phi) is 3.71. The minimum atomic E-state index is 0.540. The molecule has 2 N–H and O–H groups in total. The predicted octanol–water partition coefficient (Wildman–Crippen LogP) is 1.51. The van der Waals surface area contributed by atoms with Crippen LogP contribution in [-0.4, -0.2) is 36.6 Å². The quantitative estimate of drug-likeness (QED) is 0.892. The SMILES string of the molecule is CN1CC2CCC(C1)C2COc1cc(CN)ccn1. The molecule has 2 atom stereocenters. The Morgan fingerprint density at radius 2 is 2.11 bits per heavy atom. The van der Waals surface area contributed by atoms with E-state index < -0.39 is 0 Å². The second-order valence-electron chi connectivity index (χ2n) is 6.00. The number of nitrogens with two attached hydrogens (primary N) is 1. The maximum atomic E-state index is 5.92. The number of piperidine rings is 1. The first kappa shape index (κ1) is 12.9. The standard InChI is InChI=1S/C15H23N3O/c1-18-8-12-2-3-13(9-18)14(12)10-19-15-6-11(7-16)4-5-17-15/h4-6,12-14H,2-3,7-10,16H2,1H3. The largest absolute Gasteiger partial charge is 0.477 e. The summed E-state index contributed by atoms with van der Waals surface area (Å²) in [4.78, 5) is 6.73. The Labute approximate surface area is 115 Å². The normalized spacial score (nSPS) is 30.5. The van der Waals surface area contributed by atoms with E-state index in [0.717, 1.165) is 29.9 Å². The highest BCUT2D eigenvalue weighted by Crippen LogP contribution is 2.41. The minimum Gasteiger partial charge on any atom is -0.477 e. The molecule has 2 bridgehead atoms. The third-order valence-electron chi connectivity index (χ3n) is 4.67. The van der Waals surface area contributed by atoms with Crippen LogP contribution in [0.5, 0.6) is 5.88 Å². The Balaban J connectivity index is 1.60. The summed E-state index contributed by atoms with van der Waals surface area (Å²) in [6.45, 7) is 3.80. The molecule has 1 saturated heterocycles. The van der Waals surface area contributed by atoms with Crippen LogP contribution in [-0.2, 0) is 6.54 Å². The molecule has 0 aromatic carbocycles. The highest BCUT2D eigenvalue weighted by Gasteiger charge is 2.41. The van der Waals surface area contributed by atoms with Crippen LogP contribution in [0.1, 0.15) is 18.4 Å². The molecule has 4 nitrogen and oxygen atoms in total. The van der Waals surface area contributed by atoms with E-state index >= 15 is 0 Å². The molecular weight excluding hydrogens is 238 g/mol. The summed E-state index contributed by atoms with van der Waals surface area (Å²) in [5.41, 5.74) is 6.72. The molecule has 1 aromatic heterocycles. The van der Waals surface area contributed by atoms with Gasteiger partial charge in [-0.1, -0.05) is 0 Å². The van der Waals surface area contributed by atoms with Gasteiger partial charge in [-0.2, -0.15) is 0 Å². The number of aromatic nitrogens is 1. The van der Waals surface area contributed by atoms with Crippen molar-refractivity contribution >= 4 is 0 Å². The fourth-order valence-corrected chi connectivity index (χ4v) is 3.68. The second-order valence-corrected chi connectivity index (χ2v) is 6.00. The zero-order valence-corrected chi connectivity index (χ0v) is 11.6. The van der Waals surface area contributed by atoms with Gasteiger partial charge in [0.2, 0.25) is 5.88 Å². The molecule has 104 valence electrons. The lowest BCUT2D eigenvalue weighted by molar-refractivity contribution is 0.0878. The van der Waals surface area contributed by atoms with Gasteiger partial charge < -0.3 is 15.4 Å². The van der Waals surface area contributed by atoms with Gasteiger partial charge in [0.15, 0.2) is 0 Å². The van der Waals surface area contributed by atoms with Gasteiger partial charge >= 0.3 is 0 Å². The highest BCUT2D eigenvalue weighted by molar-refractivity contribution is 5.20. The molecule has 0 radical (unpaired) electrons. The van der Waals surface area contributed by atoms with Crippen molar-refractivity contribution in [2.75, 3.05) is 26.7 Å². The van der Waals surface area contributed by atoms with Gasteiger partial charge in [-0.25, -0.2) is 4.98 Å². The van der Waals surface area contributed by atoms with Crippen LogP contribution in [0.25, 0.3) is 0 Å². The van der Waals surface area contributed by atoms with Gasteiger partial charge in [-0.05, 0) is 43.4 Å². The van der Waals surface area contributed by atoms with Crippen molar-refractivity contribution in [1.29, 1.82) is 0 Å². The molecule has 0 spiro atoms. The number of hydrogen-bond acceptors (Lipinski definition) is 4. The summed E-state index contributed by atoms with van der Waals surface area (Å²) in [6.07, 6.45) is 4.50. The molecule has 2 heterocycles. The van der Waals surface area contributed by atoms with E-state index in [2.05, 4.69) is 16.9 Å². The van der Waals surface area contributed by atoms with Crippen molar-refractivity contribution in [1.82, 2.24) is 9.88 Å². The van der Waals surface area contributed by atoms with Crippen molar-refractivity contribution < 1.29 is 4.74 Å². The topological polar surface area (TPSA) is 51.4 Å². The zero-order chi connectivity index (χ0) is 13.2.